The second-order valence-corrected chi connectivity index (χ2v) is 6.35. The molecule has 1 N–H and O–H groups in total. The number of hydrogen-bond donors (Lipinski definition) is 1. The Balaban J connectivity index is 2.23. The van der Waals surface area contributed by atoms with Crippen LogP contribution < -0.4 is 5.32 Å². The maximum atomic E-state index is 12.5. The molecule has 6 heteroatoms. The van der Waals surface area contributed by atoms with Crippen LogP contribution >= 0.6 is 0 Å². The van der Waals surface area contributed by atoms with Gasteiger partial charge in [0.1, 0.15) is 0 Å². The highest BCUT2D eigenvalue weighted by Crippen LogP contribution is 2.23. The van der Waals surface area contributed by atoms with E-state index in [0.717, 1.165) is 32.4 Å². The van der Waals surface area contributed by atoms with Crippen molar-refractivity contribution in [3.8, 4) is 0 Å². The Hall–Kier alpha value is -0.850. The summed E-state index contributed by atoms with van der Waals surface area (Å²) in [6.07, 6.45) is 3.93. The van der Waals surface area contributed by atoms with E-state index >= 15 is 0 Å². The highest BCUT2D eigenvalue weighted by Gasteiger charge is 2.33. The number of furan rings is 1. The molecule has 1 aliphatic rings. The van der Waals surface area contributed by atoms with Crippen LogP contribution in [0.25, 0.3) is 0 Å². The zero-order chi connectivity index (χ0) is 13.0. The fourth-order valence-corrected chi connectivity index (χ4v) is 4.02. The number of rotatable bonds is 5. The number of piperidine rings is 1. The summed E-state index contributed by atoms with van der Waals surface area (Å²) in [5.41, 5.74) is 0. The molecule has 0 spiro atoms. The minimum absolute atomic E-state index is 0.0504. The van der Waals surface area contributed by atoms with Crippen molar-refractivity contribution in [1.82, 2.24) is 9.62 Å². The van der Waals surface area contributed by atoms with Crippen molar-refractivity contribution in [1.29, 1.82) is 0 Å². The summed E-state index contributed by atoms with van der Waals surface area (Å²) in [7, 11) is -3.48. The van der Waals surface area contributed by atoms with Gasteiger partial charge in [-0.15, -0.1) is 0 Å². The molecule has 0 saturated carbocycles. The minimum Gasteiger partial charge on any atom is -0.452 e. The lowest BCUT2D eigenvalue weighted by Gasteiger charge is -2.32. The molecular weight excluding hydrogens is 252 g/mol. The van der Waals surface area contributed by atoms with E-state index in [-0.39, 0.29) is 11.1 Å². The molecule has 1 aromatic rings. The Morgan fingerprint density at radius 2 is 2.17 bits per heavy atom. The molecule has 0 radical (unpaired) electrons. The van der Waals surface area contributed by atoms with Crippen molar-refractivity contribution < 1.29 is 12.8 Å². The maximum Gasteiger partial charge on any atom is 0.276 e. The summed E-state index contributed by atoms with van der Waals surface area (Å²) in [5, 5.41) is 3.30. The standard InChI is InChI=1S/C12H20N2O3S/c1-2-9-14(11-5-7-13-8-6-11)18(15,16)12-4-3-10-17-12/h3-4,10-11,13H,2,5-9H2,1H3. The molecule has 0 amide bonds. The zero-order valence-corrected chi connectivity index (χ0v) is 11.4. The molecule has 0 unspecified atom stereocenters. The van der Waals surface area contributed by atoms with Crippen molar-refractivity contribution in [3.05, 3.63) is 18.4 Å². The molecule has 2 heterocycles. The predicted octanol–water partition coefficient (Wildman–Crippen LogP) is 1.43. The van der Waals surface area contributed by atoms with Gasteiger partial charge in [-0.1, -0.05) is 6.92 Å². The molecule has 5 nitrogen and oxygen atoms in total. The Bertz CT molecular complexity index is 450. The van der Waals surface area contributed by atoms with E-state index in [9.17, 15) is 8.42 Å². The molecule has 0 aromatic carbocycles. The Labute approximate surface area is 108 Å². The van der Waals surface area contributed by atoms with Gasteiger partial charge in [0.15, 0.2) is 0 Å². The van der Waals surface area contributed by atoms with Crippen molar-refractivity contribution in [2.24, 2.45) is 0 Å². The quantitative estimate of drug-likeness (QED) is 0.881. The lowest BCUT2D eigenvalue weighted by atomic mass is 10.1. The van der Waals surface area contributed by atoms with E-state index in [1.807, 2.05) is 6.92 Å². The third kappa shape index (κ3) is 2.76. The van der Waals surface area contributed by atoms with Crippen LogP contribution in [0.2, 0.25) is 0 Å². The zero-order valence-electron chi connectivity index (χ0n) is 10.6. The molecule has 2 rings (SSSR count). The van der Waals surface area contributed by atoms with E-state index in [0.29, 0.717) is 6.54 Å². The Kier molecular flexibility index (Phi) is 4.42. The van der Waals surface area contributed by atoms with Gasteiger partial charge in [0.25, 0.3) is 10.0 Å². The van der Waals surface area contributed by atoms with E-state index < -0.39 is 10.0 Å². The van der Waals surface area contributed by atoms with Crippen molar-refractivity contribution in [3.63, 3.8) is 0 Å². The fourth-order valence-electron chi connectivity index (χ4n) is 2.34. The molecular formula is C12H20N2O3S. The first kappa shape index (κ1) is 13.6. The molecule has 0 bridgehead atoms. The summed E-state index contributed by atoms with van der Waals surface area (Å²) in [6.45, 7) is 4.29. The molecule has 1 aliphatic heterocycles. The van der Waals surface area contributed by atoms with Crippen LogP contribution in [-0.4, -0.2) is 38.4 Å². The average molecular weight is 272 g/mol. The van der Waals surface area contributed by atoms with Crippen LogP contribution in [0, 0.1) is 0 Å². The lowest BCUT2D eigenvalue weighted by Crippen LogP contribution is -2.46. The maximum absolute atomic E-state index is 12.5. The lowest BCUT2D eigenvalue weighted by molar-refractivity contribution is 0.256. The van der Waals surface area contributed by atoms with Gasteiger partial charge in [0, 0.05) is 12.6 Å². The van der Waals surface area contributed by atoms with Gasteiger partial charge >= 0.3 is 0 Å². The molecule has 0 atom stereocenters. The van der Waals surface area contributed by atoms with Crippen LogP contribution in [0.3, 0.4) is 0 Å². The van der Waals surface area contributed by atoms with Gasteiger partial charge in [0.05, 0.1) is 6.26 Å². The van der Waals surface area contributed by atoms with Crippen LogP contribution in [0.4, 0.5) is 0 Å². The molecule has 1 aromatic heterocycles. The van der Waals surface area contributed by atoms with Crippen LogP contribution in [0.5, 0.6) is 0 Å². The van der Waals surface area contributed by atoms with E-state index in [4.69, 9.17) is 4.42 Å². The normalized spacial score (nSPS) is 18.3. The summed E-state index contributed by atoms with van der Waals surface area (Å²) >= 11 is 0. The SMILES string of the molecule is CCCN(C1CCNCC1)S(=O)(=O)c1ccco1. The second kappa shape index (κ2) is 5.86. The third-order valence-electron chi connectivity index (χ3n) is 3.22. The highest BCUT2D eigenvalue weighted by atomic mass is 32.2. The van der Waals surface area contributed by atoms with Gasteiger partial charge in [-0.3, -0.25) is 0 Å². The summed E-state index contributed by atoms with van der Waals surface area (Å²) in [5.74, 6) is 0. The summed E-state index contributed by atoms with van der Waals surface area (Å²) in [6, 6.07) is 3.21. The molecule has 1 fully saturated rings. The van der Waals surface area contributed by atoms with Gasteiger partial charge in [-0.2, -0.15) is 4.31 Å². The van der Waals surface area contributed by atoms with Crippen molar-refractivity contribution in [2.75, 3.05) is 19.6 Å². The van der Waals surface area contributed by atoms with Crippen LogP contribution in [0.15, 0.2) is 27.9 Å². The first-order valence-electron chi connectivity index (χ1n) is 6.42. The molecule has 102 valence electrons. The predicted molar refractivity (Wildman–Crippen MR) is 68.8 cm³/mol. The van der Waals surface area contributed by atoms with Crippen LogP contribution in [0.1, 0.15) is 26.2 Å². The first-order valence-corrected chi connectivity index (χ1v) is 7.86. The first-order chi connectivity index (χ1) is 8.66. The third-order valence-corrected chi connectivity index (χ3v) is 5.06. The molecule has 18 heavy (non-hydrogen) atoms. The topological polar surface area (TPSA) is 62.6 Å². The van der Waals surface area contributed by atoms with Crippen molar-refractivity contribution >= 4 is 10.0 Å². The average Bonchev–Trinajstić information content (AvgIpc) is 2.91. The highest BCUT2D eigenvalue weighted by molar-refractivity contribution is 7.89. The number of nitrogens with one attached hydrogen (secondary N) is 1. The van der Waals surface area contributed by atoms with Gasteiger partial charge in [0.2, 0.25) is 5.09 Å². The number of hydrogen-bond acceptors (Lipinski definition) is 4. The molecule has 1 saturated heterocycles. The summed E-state index contributed by atoms with van der Waals surface area (Å²) < 4.78 is 31.7. The van der Waals surface area contributed by atoms with Gasteiger partial charge < -0.3 is 9.73 Å². The monoisotopic (exact) mass is 272 g/mol. The van der Waals surface area contributed by atoms with Gasteiger partial charge in [-0.05, 0) is 44.5 Å². The second-order valence-electron chi connectivity index (χ2n) is 4.53. The van der Waals surface area contributed by atoms with E-state index in [1.165, 1.54) is 12.3 Å². The van der Waals surface area contributed by atoms with Crippen LogP contribution in [-0.2, 0) is 10.0 Å². The van der Waals surface area contributed by atoms with E-state index in [2.05, 4.69) is 5.32 Å². The summed E-state index contributed by atoms with van der Waals surface area (Å²) in [4.78, 5) is 0. The van der Waals surface area contributed by atoms with E-state index in [1.54, 1.807) is 10.4 Å². The number of sulfonamides is 1. The minimum atomic E-state index is -3.48. The molecule has 0 aliphatic carbocycles. The Morgan fingerprint density at radius 1 is 1.44 bits per heavy atom. The fraction of sp³-hybridized carbons (Fsp3) is 0.667. The van der Waals surface area contributed by atoms with Crippen molar-refractivity contribution in [2.45, 2.75) is 37.3 Å². The largest absolute Gasteiger partial charge is 0.452 e. The number of nitrogens with zero attached hydrogens (tertiary/aromatic N) is 1. The Morgan fingerprint density at radius 3 is 2.72 bits per heavy atom. The smallest absolute Gasteiger partial charge is 0.276 e. The van der Waals surface area contributed by atoms with Gasteiger partial charge in [-0.25, -0.2) is 8.42 Å².